The van der Waals surface area contributed by atoms with Gasteiger partial charge in [-0.25, -0.2) is 4.98 Å². The number of anilines is 1. The summed E-state index contributed by atoms with van der Waals surface area (Å²) in [7, 11) is 0. The van der Waals surface area contributed by atoms with Gasteiger partial charge in [-0.05, 0) is 24.3 Å². The predicted octanol–water partition coefficient (Wildman–Crippen LogP) is 2.14. The minimum absolute atomic E-state index is 0.359. The highest BCUT2D eigenvalue weighted by Crippen LogP contribution is 2.25. The summed E-state index contributed by atoms with van der Waals surface area (Å²) in [5.41, 5.74) is 2.82. The summed E-state index contributed by atoms with van der Waals surface area (Å²) in [6.45, 7) is 0. The number of hydrazone groups is 1. The van der Waals surface area contributed by atoms with Crippen LogP contribution >= 0.6 is 0 Å². The molecule has 1 aromatic carbocycles. The monoisotopic (exact) mass is 258 g/mol. The number of rotatable bonds is 4. The van der Waals surface area contributed by atoms with Gasteiger partial charge < -0.3 is 5.11 Å². The molecule has 0 unspecified atom stereocenters. The van der Waals surface area contributed by atoms with Crippen molar-refractivity contribution in [3.63, 3.8) is 0 Å². The Kier molecular flexibility index (Phi) is 3.67. The molecule has 19 heavy (non-hydrogen) atoms. The Morgan fingerprint density at radius 1 is 1.37 bits per heavy atom. The number of benzene rings is 1. The standard InChI is InChI=1S/C12H10N4O3/c17-11-5-4-9(7-10(11)16(18)19)8-14-15-12-3-1-2-6-13-12/h1-8,17H,(H,13,15)/b14-8-. The SMILES string of the molecule is O=[N+]([O-])c1cc(/C=N\Nc2ccccn2)ccc1O. The van der Waals surface area contributed by atoms with E-state index < -0.39 is 4.92 Å². The number of nitro groups is 1. The number of aromatic nitrogens is 1. The molecule has 0 amide bonds. The van der Waals surface area contributed by atoms with E-state index in [4.69, 9.17) is 0 Å². The second-order valence-electron chi connectivity index (χ2n) is 3.59. The smallest absolute Gasteiger partial charge is 0.311 e. The number of hydrogen-bond acceptors (Lipinski definition) is 6. The topological polar surface area (TPSA) is 101 Å². The first kappa shape index (κ1) is 12.5. The molecule has 2 rings (SSSR count). The third kappa shape index (κ3) is 3.25. The fourth-order valence-corrected chi connectivity index (χ4v) is 1.37. The van der Waals surface area contributed by atoms with Crippen molar-refractivity contribution in [2.24, 2.45) is 5.10 Å². The van der Waals surface area contributed by atoms with Crippen molar-refractivity contribution in [1.82, 2.24) is 4.98 Å². The first-order valence-electron chi connectivity index (χ1n) is 5.34. The Morgan fingerprint density at radius 3 is 2.89 bits per heavy atom. The van der Waals surface area contributed by atoms with Crippen LogP contribution in [0.15, 0.2) is 47.7 Å². The average Bonchev–Trinajstić information content (AvgIpc) is 2.41. The molecular weight excluding hydrogens is 248 g/mol. The van der Waals surface area contributed by atoms with Crippen LogP contribution < -0.4 is 5.43 Å². The van der Waals surface area contributed by atoms with Crippen molar-refractivity contribution in [3.05, 3.63) is 58.3 Å². The normalized spacial score (nSPS) is 10.5. The maximum Gasteiger partial charge on any atom is 0.311 e. The molecule has 0 aliphatic heterocycles. The second-order valence-corrected chi connectivity index (χ2v) is 3.59. The molecule has 0 bridgehead atoms. The fourth-order valence-electron chi connectivity index (χ4n) is 1.37. The Morgan fingerprint density at radius 2 is 2.21 bits per heavy atom. The van der Waals surface area contributed by atoms with Gasteiger partial charge in [-0.3, -0.25) is 15.5 Å². The van der Waals surface area contributed by atoms with E-state index in [1.807, 2.05) is 0 Å². The highest BCUT2D eigenvalue weighted by molar-refractivity contribution is 5.81. The number of phenolic OH excluding ortho intramolecular Hbond substituents is 1. The molecule has 7 nitrogen and oxygen atoms in total. The van der Waals surface area contributed by atoms with Crippen LogP contribution in [-0.2, 0) is 0 Å². The van der Waals surface area contributed by atoms with Crippen LogP contribution in [0, 0.1) is 10.1 Å². The summed E-state index contributed by atoms with van der Waals surface area (Å²) in [6, 6.07) is 9.32. The van der Waals surface area contributed by atoms with Crippen LogP contribution in [0.5, 0.6) is 5.75 Å². The number of aromatic hydroxyl groups is 1. The van der Waals surface area contributed by atoms with Crippen molar-refractivity contribution in [3.8, 4) is 5.75 Å². The van der Waals surface area contributed by atoms with Gasteiger partial charge in [0.1, 0.15) is 5.82 Å². The minimum Gasteiger partial charge on any atom is -0.502 e. The second kappa shape index (κ2) is 5.58. The van der Waals surface area contributed by atoms with Crippen molar-refractivity contribution in [2.45, 2.75) is 0 Å². The maximum absolute atomic E-state index is 10.6. The van der Waals surface area contributed by atoms with E-state index in [0.717, 1.165) is 0 Å². The highest BCUT2D eigenvalue weighted by Gasteiger charge is 2.12. The van der Waals surface area contributed by atoms with E-state index in [0.29, 0.717) is 11.4 Å². The average molecular weight is 258 g/mol. The number of pyridine rings is 1. The van der Waals surface area contributed by atoms with E-state index >= 15 is 0 Å². The molecule has 2 aromatic rings. The lowest BCUT2D eigenvalue weighted by atomic mass is 10.2. The third-order valence-corrected chi connectivity index (χ3v) is 2.25. The summed E-state index contributed by atoms with van der Waals surface area (Å²) < 4.78 is 0. The van der Waals surface area contributed by atoms with Crippen molar-refractivity contribution < 1.29 is 10.0 Å². The van der Waals surface area contributed by atoms with Gasteiger partial charge in [-0.2, -0.15) is 5.10 Å². The zero-order valence-electron chi connectivity index (χ0n) is 9.72. The Labute approximate surface area is 108 Å². The lowest BCUT2D eigenvalue weighted by molar-refractivity contribution is -0.385. The number of nitrogens with zero attached hydrogens (tertiary/aromatic N) is 3. The number of nitro benzene ring substituents is 1. The largest absolute Gasteiger partial charge is 0.502 e. The van der Waals surface area contributed by atoms with Gasteiger partial charge in [0.25, 0.3) is 0 Å². The molecule has 0 radical (unpaired) electrons. The molecular formula is C12H10N4O3. The van der Waals surface area contributed by atoms with Gasteiger partial charge in [0.05, 0.1) is 11.1 Å². The van der Waals surface area contributed by atoms with Gasteiger partial charge in [-0.1, -0.05) is 6.07 Å². The lowest BCUT2D eigenvalue weighted by Gasteiger charge is -1.99. The van der Waals surface area contributed by atoms with Crippen LogP contribution in [0.1, 0.15) is 5.56 Å². The van der Waals surface area contributed by atoms with Crippen LogP contribution in [-0.4, -0.2) is 21.2 Å². The zero-order chi connectivity index (χ0) is 13.7. The van der Waals surface area contributed by atoms with E-state index in [1.54, 1.807) is 24.4 Å². The van der Waals surface area contributed by atoms with Crippen LogP contribution in [0.25, 0.3) is 0 Å². The van der Waals surface area contributed by atoms with Gasteiger partial charge in [0.2, 0.25) is 0 Å². The molecule has 0 aliphatic rings. The molecule has 0 saturated heterocycles. The zero-order valence-corrected chi connectivity index (χ0v) is 9.72. The Bertz CT molecular complexity index is 614. The maximum atomic E-state index is 10.6. The van der Waals surface area contributed by atoms with Gasteiger partial charge in [-0.15, -0.1) is 0 Å². The molecule has 1 heterocycles. The van der Waals surface area contributed by atoms with Crippen molar-refractivity contribution in [1.29, 1.82) is 0 Å². The Hall–Kier alpha value is -2.96. The van der Waals surface area contributed by atoms with Crippen molar-refractivity contribution in [2.75, 3.05) is 5.43 Å². The van der Waals surface area contributed by atoms with E-state index in [1.165, 1.54) is 24.4 Å². The minimum atomic E-state index is -0.654. The highest BCUT2D eigenvalue weighted by atomic mass is 16.6. The van der Waals surface area contributed by atoms with Crippen LogP contribution in [0.4, 0.5) is 11.5 Å². The first-order valence-corrected chi connectivity index (χ1v) is 5.34. The summed E-state index contributed by atoms with van der Waals surface area (Å²) in [6.07, 6.45) is 3.02. The number of hydrogen-bond donors (Lipinski definition) is 2. The van der Waals surface area contributed by atoms with Gasteiger partial charge in [0.15, 0.2) is 5.75 Å². The molecule has 0 atom stereocenters. The van der Waals surface area contributed by atoms with Gasteiger partial charge >= 0.3 is 5.69 Å². The quantitative estimate of drug-likeness (QED) is 0.497. The number of nitrogens with one attached hydrogen (secondary N) is 1. The third-order valence-electron chi connectivity index (χ3n) is 2.25. The molecule has 1 aromatic heterocycles. The summed E-state index contributed by atoms with van der Waals surface area (Å²) >= 11 is 0. The van der Waals surface area contributed by atoms with E-state index in [-0.39, 0.29) is 11.4 Å². The first-order chi connectivity index (χ1) is 9.16. The predicted molar refractivity (Wildman–Crippen MR) is 70.2 cm³/mol. The van der Waals surface area contributed by atoms with E-state index in [2.05, 4.69) is 15.5 Å². The Balaban J connectivity index is 2.11. The molecule has 0 aliphatic carbocycles. The molecule has 0 fully saturated rings. The molecule has 2 N–H and O–H groups in total. The molecule has 0 saturated carbocycles. The summed E-state index contributed by atoms with van der Waals surface area (Å²) in [5, 5.41) is 23.8. The number of phenols is 1. The molecule has 7 heteroatoms. The summed E-state index contributed by atoms with van der Waals surface area (Å²) in [4.78, 5) is 14.0. The van der Waals surface area contributed by atoms with E-state index in [9.17, 15) is 15.2 Å². The summed E-state index contributed by atoms with van der Waals surface area (Å²) in [5.74, 6) is 0.187. The van der Waals surface area contributed by atoms with Gasteiger partial charge in [0, 0.05) is 17.8 Å². The molecule has 0 spiro atoms. The van der Waals surface area contributed by atoms with Crippen molar-refractivity contribution >= 4 is 17.7 Å². The lowest BCUT2D eigenvalue weighted by Crippen LogP contribution is -1.94. The fraction of sp³-hybridized carbons (Fsp3) is 0. The van der Waals surface area contributed by atoms with Crippen LogP contribution in [0.3, 0.4) is 0 Å². The molecule has 96 valence electrons. The van der Waals surface area contributed by atoms with Crippen LogP contribution in [0.2, 0.25) is 0 Å².